The Hall–Kier alpha value is -2.33. The first-order valence-corrected chi connectivity index (χ1v) is 7.00. The third-order valence-electron chi connectivity index (χ3n) is 3.09. The summed E-state index contributed by atoms with van der Waals surface area (Å²) in [5.41, 5.74) is 1.38. The lowest BCUT2D eigenvalue weighted by Gasteiger charge is -2.12. The number of ketones is 1. The average molecular weight is 319 g/mol. The molecule has 0 radical (unpaired) electrons. The van der Waals surface area contributed by atoms with Crippen LogP contribution in [0.15, 0.2) is 42.5 Å². The first-order valence-electron chi connectivity index (χ1n) is 6.62. The summed E-state index contributed by atoms with van der Waals surface area (Å²) < 4.78 is 10.4. The maximum Gasteiger partial charge on any atom is 0.341 e. The van der Waals surface area contributed by atoms with Crippen molar-refractivity contribution in [1.29, 1.82) is 0 Å². The molecule has 0 saturated heterocycles. The van der Waals surface area contributed by atoms with E-state index in [1.165, 1.54) is 26.2 Å². The van der Waals surface area contributed by atoms with Gasteiger partial charge in [-0.15, -0.1) is 0 Å². The molecule has 22 heavy (non-hydrogen) atoms. The highest BCUT2D eigenvalue weighted by molar-refractivity contribution is 6.34. The van der Waals surface area contributed by atoms with Crippen molar-refractivity contribution in [2.75, 3.05) is 7.11 Å². The van der Waals surface area contributed by atoms with Gasteiger partial charge in [-0.25, -0.2) is 4.79 Å². The van der Waals surface area contributed by atoms with Gasteiger partial charge in [-0.2, -0.15) is 0 Å². The largest absolute Gasteiger partial charge is 0.488 e. The van der Waals surface area contributed by atoms with Gasteiger partial charge in [0.25, 0.3) is 0 Å². The minimum atomic E-state index is -0.581. The topological polar surface area (TPSA) is 52.6 Å². The first kappa shape index (κ1) is 16.0. The molecule has 2 rings (SSSR count). The van der Waals surface area contributed by atoms with Gasteiger partial charge in [0.1, 0.15) is 17.9 Å². The molecule has 0 spiro atoms. The van der Waals surface area contributed by atoms with Crippen molar-refractivity contribution in [2.45, 2.75) is 13.5 Å². The maximum atomic E-state index is 11.9. The number of hydrogen-bond donors (Lipinski definition) is 0. The zero-order valence-electron chi connectivity index (χ0n) is 12.3. The number of rotatable bonds is 5. The Morgan fingerprint density at radius 2 is 1.77 bits per heavy atom. The van der Waals surface area contributed by atoms with Crippen LogP contribution in [0.2, 0.25) is 5.02 Å². The van der Waals surface area contributed by atoms with Crippen LogP contribution in [0.25, 0.3) is 0 Å². The summed E-state index contributed by atoms with van der Waals surface area (Å²) in [6.07, 6.45) is 0. The Labute approximate surface area is 133 Å². The van der Waals surface area contributed by atoms with Gasteiger partial charge < -0.3 is 9.47 Å². The molecule has 0 saturated carbocycles. The Balaban J connectivity index is 2.34. The van der Waals surface area contributed by atoms with Crippen molar-refractivity contribution >= 4 is 23.4 Å². The van der Waals surface area contributed by atoms with Crippen LogP contribution < -0.4 is 4.74 Å². The fraction of sp³-hybridized carbons (Fsp3) is 0.176. The number of carbonyl (C=O) groups excluding carboxylic acids is 2. The molecule has 0 aromatic heterocycles. The monoisotopic (exact) mass is 318 g/mol. The lowest BCUT2D eigenvalue weighted by molar-refractivity contribution is 0.0595. The fourth-order valence-electron chi connectivity index (χ4n) is 1.95. The van der Waals surface area contributed by atoms with Crippen LogP contribution in [0.1, 0.15) is 33.2 Å². The van der Waals surface area contributed by atoms with Crippen LogP contribution in [0.3, 0.4) is 0 Å². The van der Waals surface area contributed by atoms with E-state index in [9.17, 15) is 9.59 Å². The third kappa shape index (κ3) is 3.65. The van der Waals surface area contributed by atoms with Crippen LogP contribution in [-0.2, 0) is 11.3 Å². The Morgan fingerprint density at radius 3 is 2.36 bits per heavy atom. The summed E-state index contributed by atoms with van der Waals surface area (Å²) in [5.74, 6) is -0.530. The van der Waals surface area contributed by atoms with E-state index in [0.717, 1.165) is 5.56 Å². The van der Waals surface area contributed by atoms with Crippen molar-refractivity contribution in [3.05, 3.63) is 64.2 Å². The third-order valence-corrected chi connectivity index (χ3v) is 3.40. The standard InChI is InChI=1S/C17H15ClO4/c1-11(19)13-8-14(17(20)21-2)16(9-15(13)18)22-10-12-6-4-3-5-7-12/h3-9H,10H2,1-2H3. The van der Waals surface area contributed by atoms with Crippen LogP contribution in [-0.4, -0.2) is 18.9 Å². The normalized spacial score (nSPS) is 10.1. The van der Waals surface area contributed by atoms with Gasteiger partial charge in [0.2, 0.25) is 0 Å². The van der Waals surface area contributed by atoms with Crippen LogP contribution in [0.4, 0.5) is 0 Å². The van der Waals surface area contributed by atoms with Crippen LogP contribution in [0.5, 0.6) is 5.75 Å². The zero-order valence-corrected chi connectivity index (χ0v) is 13.0. The van der Waals surface area contributed by atoms with Crippen molar-refractivity contribution in [1.82, 2.24) is 0 Å². The van der Waals surface area contributed by atoms with Gasteiger partial charge in [-0.1, -0.05) is 41.9 Å². The molecule has 2 aromatic carbocycles. The van der Waals surface area contributed by atoms with Gasteiger partial charge in [-0.3, -0.25) is 4.79 Å². The molecule has 0 N–H and O–H groups in total. The molecule has 0 unspecified atom stereocenters. The van der Waals surface area contributed by atoms with Crippen molar-refractivity contribution in [3.8, 4) is 5.75 Å². The summed E-state index contributed by atoms with van der Waals surface area (Å²) in [4.78, 5) is 23.4. The van der Waals surface area contributed by atoms with E-state index >= 15 is 0 Å². The van der Waals surface area contributed by atoms with Crippen LogP contribution in [0, 0.1) is 0 Å². The average Bonchev–Trinajstić information content (AvgIpc) is 2.52. The zero-order chi connectivity index (χ0) is 16.1. The van der Waals surface area contributed by atoms with E-state index in [4.69, 9.17) is 21.1 Å². The summed E-state index contributed by atoms with van der Waals surface area (Å²) in [7, 11) is 1.27. The summed E-state index contributed by atoms with van der Waals surface area (Å²) in [6, 6.07) is 12.4. The van der Waals surface area contributed by atoms with E-state index in [-0.39, 0.29) is 34.3 Å². The lowest BCUT2D eigenvalue weighted by Crippen LogP contribution is -2.08. The predicted octanol–water partition coefficient (Wildman–Crippen LogP) is 3.91. The summed E-state index contributed by atoms with van der Waals surface area (Å²) in [6.45, 7) is 1.66. The van der Waals surface area contributed by atoms with Gasteiger partial charge in [0, 0.05) is 11.6 Å². The molecular formula is C17H15ClO4. The molecule has 0 aliphatic heterocycles. The Morgan fingerprint density at radius 1 is 1.09 bits per heavy atom. The number of ether oxygens (including phenoxy) is 2. The molecule has 0 heterocycles. The number of halogens is 1. The first-order chi connectivity index (χ1) is 10.5. The molecule has 114 valence electrons. The number of methoxy groups -OCH3 is 1. The van der Waals surface area contributed by atoms with E-state index in [2.05, 4.69) is 0 Å². The molecule has 0 aliphatic rings. The van der Waals surface area contributed by atoms with Gasteiger partial charge in [0.05, 0.1) is 12.1 Å². The van der Waals surface area contributed by atoms with E-state index in [1.54, 1.807) is 0 Å². The molecule has 2 aromatic rings. The van der Waals surface area contributed by atoms with Crippen molar-refractivity contribution in [2.24, 2.45) is 0 Å². The smallest absolute Gasteiger partial charge is 0.341 e. The van der Waals surface area contributed by atoms with E-state index in [0.29, 0.717) is 0 Å². The maximum absolute atomic E-state index is 11.9. The summed E-state index contributed by atoms with van der Waals surface area (Å²) in [5, 5.41) is 0.239. The molecular weight excluding hydrogens is 304 g/mol. The van der Waals surface area contributed by atoms with E-state index in [1.807, 2.05) is 30.3 Å². The second-order valence-corrected chi connectivity index (χ2v) is 5.06. The predicted molar refractivity (Wildman–Crippen MR) is 83.6 cm³/mol. The minimum Gasteiger partial charge on any atom is -0.488 e. The number of benzene rings is 2. The van der Waals surface area contributed by atoms with Gasteiger partial charge in [-0.05, 0) is 18.6 Å². The fourth-order valence-corrected chi connectivity index (χ4v) is 2.24. The van der Waals surface area contributed by atoms with Crippen molar-refractivity contribution in [3.63, 3.8) is 0 Å². The van der Waals surface area contributed by atoms with E-state index < -0.39 is 5.97 Å². The number of hydrogen-bond acceptors (Lipinski definition) is 4. The lowest BCUT2D eigenvalue weighted by atomic mass is 10.1. The highest BCUT2D eigenvalue weighted by Gasteiger charge is 2.18. The van der Waals surface area contributed by atoms with Crippen molar-refractivity contribution < 1.29 is 19.1 Å². The van der Waals surface area contributed by atoms with Crippen LogP contribution >= 0.6 is 11.6 Å². The quantitative estimate of drug-likeness (QED) is 0.619. The number of Topliss-reactive ketones (excluding diaryl/α,β-unsaturated/α-hetero) is 1. The summed E-state index contributed by atoms with van der Waals surface area (Å²) >= 11 is 6.07. The second-order valence-electron chi connectivity index (χ2n) is 4.65. The molecule has 0 bridgehead atoms. The number of esters is 1. The number of carbonyl (C=O) groups is 2. The Bertz CT molecular complexity index is 695. The molecule has 4 nitrogen and oxygen atoms in total. The highest BCUT2D eigenvalue weighted by Crippen LogP contribution is 2.29. The minimum absolute atomic E-state index is 0.174. The molecule has 0 atom stereocenters. The van der Waals surface area contributed by atoms with Gasteiger partial charge in [0.15, 0.2) is 5.78 Å². The second kappa shape index (κ2) is 7.09. The highest BCUT2D eigenvalue weighted by atomic mass is 35.5. The molecule has 0 fully saturated rings. The molecule has 5 heteroatoms. The molecule has 0 amide bonds. The van der Waals surface area contributed by atoms with Gasteiger partial charge >= 0.3 is 5.97 Å². The SMILES string of the molecule is COC(=O)c1cc(C(C)=O)c(Cl)cc1OCc1ccccc1. The molecule has 0 aliphatic carbocycles. The Kier molecular flexibility index (Phi) is 5.17.